The Morgan fingerprint density at radius 2 is 2.15 bits per heavy atom. The zero-order valence-electron chi connectivity index (χ0n) is 11.6. The van der Waals surface area contributed by atoms with Gasteiger partial charge in [-0.15, -0.1) is 0 Å². The minimum atomic E-state index is -0.298. The first kappa shape index (κ1) is 14.5. The minimum Gasteiger partial charge on any atom is -0.396 e. The third-order valence-electron chi connectivity index (χ3n) is 3.07. The van der Waals surface area contributed by atoms with Crippen LogP contribution in [0.5, 0.6) is 0 Å². The third-order valence-corrected chi connectivity index (χ3v) is 3.07. The molecule has 0 spiro atoms. The predicted octanol–water partition coefficient (Wildman–Crippen LogP) is 2.89. The molecule has 1 aromatic heterocycles. The number of benzene rings is 1. The van der Waals surface area contributed by atoms with Crippen molar-refractivity contribution >= 4 is 5.69 Å². The van der Waals surface area contributed by atoms with E-state index in [1.807, 2.05) is 13.0 Å². The van der Waals surface area contributed by atoms with Crippen LogP contribution in [-0.4, -0.2) is 28.0 Å². The van der Waals surface area contributed by atoms with Crippen LogP contribution in [0.15, 0.2) is 30.6 Å². The van der Waals surface area contributed by atoms with Gasteiger partial charge in [-0.25, -0.2) is 9.07 Å². The molecule has 1 heterocycles. The van der Waals surface area contributed by atoms with Crippen LogP contribution in [0.3, 0.4) is 0 Å². The third kappa shape index (κ3) is 3.81. The van der Waals surface area contributed by atoms with Gasteiger partial charge in [-0.2, -0.15) is 5.10 Å². The average molecular weight is 277 g/mol. The minimum absolute atomic E-state index is 0.229. The Morgan fingerprint density at radius 3 is 2.80 bits per heavy atom. The summed E-state index contributed by atoms with van der Waals surface area (Å²) in [7, 11) is 0. The van der Waals surface area contributed by atoms with Crippen LogP contribution in [0.4, 0.5) is 10.1 Å². The van der Waals surface area contributed by atoms with E-state index in [-0.39, 0.29) is 12.4 Å². The van der Waals surface area contributed by atoms with Crippen LogP contribution in [0.1, 0.15) is 24.8 Å². The van der Waals surface area contributed by atoms with Crippen LogP contribution in [0.25, 0.3) is 5.69 Å². The summed E-state index contributed by atoms with van der Waals surface area (Å²) in [6.07, 6.45) is 6.24. The summed E-state index contributed by atoms with van der Waals surface area (Å²) in [4.78, 5) is 0. The summed E-state index contributed by atoms with van der Waals surface area (Å²) in [5, 5.41) is 16.0. The quantitative estimate of drug-likeness (QED) is 0.765. The molecule has 0 aliphatic heterocycles. The second-order valence-electron chi connectivity index (χ2n) is 4.84. The molecule has 5 heteroatoms. The van der Waals surface area contributed by atoms with E-state index >= 15 is 0 Å². The lowest BCUT2D eigenvalue weighted by Crippen LogP contribution is -2.04. The Kier molecular flexibility index (Phi) is 5.12. The Morgan fingerprint density at radius 1 is 1.30 bits per heavy atom. The summed E-state index contributed by atoms with van der Waals surface area (Å²) < 4.78 is 15.6. The van der Waals surface area contributed by atoms with Gasteiger partial charge in [-0.1, -0.05) is 0 Å². The summed E-state index contributed by atoms with van der Waals surface area (Å²) in [6.45, 7) is 2.93. The van der Waals surface area contributed by atoms with E-state index in [4.69, 9.17) is 5.11 Å². The number of halogens is 1. The normalized spacial score (nSPS) is 10.8. The fourth-order valence-corrected chi connectivity index (χ4v) is 1.99. The van der Waals surface area contributed by atoms with Crippen LogP contribution >= 0.6 is 0 Å². The number of aliphatic hydroxyl groups is 1. The molecular formula is C15H20FN3O. The van der Waals surface area contributed by atoms with Crippen LogP contribution < -0.4 is 5.32 Å². The molecule has 2 rings (SSSR count). The highest BCUT2D eigenvalue weighted by molar-refractivity contribution is 5.49. The van der Waals surface area contributed by atoms with Crippen molar-refractivity contribution < 1.29 is 9.50 Å². The predicted molar refractivity (Wildman–Crippen MR) is 77.7 cm³/mol. The zero-order valence-corrected chi connectivity index (χ0v) is 11.6. The van der Waals surface area contributed by atoms with Gasteiger partial charge in [0.15, 0.2) is 5.82 Å². The Bertz CT molecular complexity index is 554. The van der Waals surface area contributed by atoms with E-state index in [0.29, 0.717) is 5.69 Å². The van der Waals surface area contributed by atoms with Gasteiger partial charge in [0.2, 0.25) is 0 Å². The monoisotopic (exact) mass is 277 g/mol. The average Bonchev–Trinajstić information content (AvgIpc) is 2.85. The summed E-state index contributed by atoms with van der Waals surface area (Å²) in [5.41, 5.74) is 2.21. The number of anilines is 1. The highest BCUT2D eigenvalue weighted by atomic mass is 19.1. The molecule has 2 aromatic rings. The first-order chi connectivity index (χ1) is 9.70. The Balaban J connectivity index is 1.95. The number of aryl methyl sites for hydroxylation is 1. The number of hydrogen-bond donors (Lipinski definition) is 2. The maximum absolute atomic E-state index is 14.0. The van der Waals surface area contributed by atoms with Crippen LogP contribution in [0, 0.1) is 12.7 Å². The van der Waals surface area contributed by atoms with Gasteiger partial charge in [0.1, 0.15) is 5.69 Å². The van der Waals surface area contributed by atoms with Crippen molar-refractivity contribution in [2.75, 3.05) is 18.5 Å². The molecule has 0 saturated heterocycles. The summed E-state index contributed by atoms with van der Waals surface area (Å²) >= 11 is 0. The number of aliphatic hydroxyl groups excluding tert-OH is 1. The van der Waals surface area contributed by atoms with E-state index in [1.54, 1.807) is 18.5 Å². The van der Waals surface area contributed by atoms with Gasteiger partial charge in [0, 0.05) is 25.0 Å². The highest BCUT2D eigenvalue weighted by Crippen LogP contribution is 2.18. The molecule has 0 bridgehead atoms. The standard InChI is InChI=1S/C15H20FN3O/c1-12-10-18-19(11-12)15-6-5-13(9-14(15)16)17-7-3-2-4-8-20/h5-6,9-11,17,20H,2-4,7-8H2,1H3. The Hall–Kier alpha value is -1.88. The molecule has 20 heavy (non-hydrogen) atoms. The second-order valence-corrected chi connectivity index (χ2v) is 4.84. The van der Waals surface area contributed by atoms with Gasteiger partial charge in [-0.05, 0) is 49.9 Å². The number of unbranched alkanes of at least 4 members (excludes halogenated alkanes) is 2. The van der Waals surface area contributed by atoms with E-state index in [2.05, 4.69) is 10.4 Å². The van der Waals surface area contributed by atoms with Gasteiger partial charge >= 0.3 is 0 Å². The van der Waals surface area contributed by atoms with Crippen molar-refractivity contribution in [3.63, 3.8) is 0 Å². The van der Waals surface area contributed by atoms with Crippen molar-refractivity contribution in [2.45, 2.75) is 26.2 Å². The fraction of sp³-hybridized carbons (Fsp3) is 0.400. The fourth-order valence-electron chi connectivity index (χ4n) is 1.99. The Labute approximate surface area is 118 Å². The first-order valence-electron chi connectivity index (χ1n) is 6.86. The largest absolute Gasteiger partial charge is 0.396 e. The highest BCUT2D eigenvalue weighted by Gasteiger charge is 2.06. The molecule has 0 saturated carbocycles. The van der Waals surface area contributed by atoms with Crippen molar-refractivity contribution in [3.8, 4) is 5.69 Å². The lowest BCUT2D eigenvalue weighted by atomic mass is 10.2. The van der Waals surface area contributed by atoms with Gasteiger partial charge in [0.05, 0.1) is 6.20 Å². The van der Waals surface area contributed by atoms with Gasteiger partial charge in [-0.3, -0.25) is 0 Å². The van der Waals surface area contributed by atoms with Crippen molar-refractivity contribution in [3.05, 3.63) is 42.0 Å². The molecule has 2 N–H and O–H groups in total. The van der Waals surface area contributed by atoms with E-state index in [9.17, 15) is 4.39 Å². The molecule has 0 aliphatic rings. The molecule has 0 radical (unpaired) electrons. The van der Waals surface area contributed by atoms with Crippen LogP contribution in [0.2, 0.25) is 0 Å². The summed E-state index contributed by atoms with van der Waals surface area (Å²) in [6, 6.07) is 5.05. The number of aromatic nitrogens is 2. The van der Waals surface area contributed by atoms with Crippen molar-refractivity contribution in [1.29, 1.82) is 0 Å². The molecule has 108 valence electrons. The topological polar surface area (TPSA) is 50.1 Å². The van der Waals surface area contributed by atoms with E-state index < -0.39 is 0 Å². The number of nitrogens with one attached hydrogen (secondary N) is 1. The van der Waals surface area contributed by atoms with E-state index in [0.717, 1.165) is 37.1 Å². The van der Waals surface area contributed by atoms with Crippen molar-refractivity contribution in [2.24, 2.45) is 0 Å². The molecule has 0 amide bonds. The molecule has 0 unspecified atom stereocenters. The molecule has 0 atom stereocenters. The number of hydrogen-bond acceptors (Lipinski definition) is 3. The number of rotatable bonds is 7. The molecule has 0 fully saturated rings. The maximum atomic E-state index is 14.0. The maximum Gasteiger partial charge on any atom is 0.150 e. The van der Waals surface area contributed by atoms with Crippen molar-refractivity contribution in [1.82, 2.24) is 9.78 Å². The van der Waals surface area contributed by atoms with Gasteiger partial charge < -0.3 is 10.4 Å². The van der Waals surface area contributed by atoms with Crippen LogP contribution in [-0.2, 0) is 0 Å². The second kappa shape index (κ2) is 7.05. The molecule has 0 aliphatic carbocycles. The SMILES string of the molecule is Cc1cnn(-c2ccc(NCCCCCO)cc2F)c1. The van der Waals surface area contributed by atoms with E-state index in [1.165, 1.54) is 10.7 Å². The summed E-state index contributed by atoms with van der Waals surface area (Å²) in [5.74, 6) is -0.298. The first-order valence-corrected chi connectivity index (χ1v) is 6.86. The molecule has 4 nitrogen and oxygen atoms in total. The lowest BCUT2D eigenvalue weighted by molar-refractivity contribution is 0.283. The van der Waals surface area contributed by atoms with Gasteiger partial charge in [0.25, 0.3) is 0 Å². The zero-order chi connectivity index (χ0) is 14.4. The lowest BCUT2D eigenvalue weighted by Gasteiger charge is -2.09. The molecule has 1 aromatic carbocycles. The smallest absolute Gasteiger partial charge is 0.150 e. The molecular weight excluding hydrogens is 257 g/mol. The number of nitrogens with zero attached hydrogens (tertiary/aromatic N) is 2.